The van der Waals surface area contributed by atoms with Crippen LogP contribution in [0.4, 0.5) is 0 Å². The van der Waals surface area contributed by atoms with Gasteiger partial charge < -0.3 is 34.7 Å². The van der Waals surface area contributed by atoms with Crippen LogP contribution in [0.5, 0.6) is 5.75 Å². The molecule has 1 heterocycles. The van der Waals surface area contributed by atoms with E-state index in [2.05, 4.69) is 6.92 Å². The second kappa shape index (κ2) is 9.22. The summed E-state index contributed by atoms with van der Waals surface area (Å²) in [6.45, 7) is 2.15. The number of aliphatic carboxylic acids is 1. The molecule has 33 heavy (non-hydrogen) atoms. The molecule has 1 saturated heterocycles. The summed E-state index contributed by atoms with van der Waals surface area (Å²) in [6, 6.07) is 5.65. The van der Waals surface area contributed by atoms with Gasteiger partial charge in [-0.1, -0.05) is 13.0 Å². The van der Waals surface area contributed by atoms with Crippen LogP contribution in [0.25, 0.3) is 0 Å². The van der Waals surface area contributed by atoms with Gasteiger partial charge in [-0.3, -0.25) is 4.79 Å². The fourth-order valence-corrected chi connectivity index (χ4v) is 6.68. The average molecular weight is 468 g/mol. The number of rotatable bonds is 3. The number of ether oxygens (including phenoxy) is 2. The maximum absolute atomic E-state index is 12.5. The van der Waals surface area contributed by atoms with Gasteiger partial charge in [-0.15, -0.1) is 0 Å². The van der Waals surface area contributed by atoms with Crippen molar-refractivity contribution < 1.29 is 69.0 Å². The van der Waals surface area contributed by atoms with Gasteiger partial charge in [-0.2, -0.15) is 0 Å². The molecule has 9 heteroatoms. The van der Waals surface area contributed by atoms with Crippen LogP contribution >= 0.6 is 0 Å². The maximum atomic E-state index is 12.5. The Labute approximate surface area is 214 Å². The molecule has 0 amide bonds. The van der Waals surface area contributed by atoms with Crippen molar-refractivity contribution in [2.75, 3.05) is 0 Å². The number of ketones is 1. The van der Waals surface area contributed by atoms with Gasteiger partial charge in [0.15, 0.2) is 0 Å². The Kier molecular flexibility index (Phi) is 7.02. The van der Waals surface area contributed by atoms with Crippen LogP contribution in [0.2, 0.25) is 0 Å². The number of aliphatic hydroxyl groups excluding tert-OH is 3. The van der Waals surface area contributed by atoms with E-state index in [1.165, 1.54) is 5.56 Å². The third-order valence-electron chi connectivity index (χ3n) is 8.46. The number of aliphatic hydroxyl groups is 3. The molecule has 5 rings (SSSR count). The van der Waals surface area contributed by atoms with E-state index in [0.29, 0.717) is 35.7 Å². The van der Waals surface area contributed by atoms with E-state index in [1.54, 1.807) is 6.07 Å². The summed E-state index contributed by atoms with van der Waals surface area (Å²) in [5.74, 6) is 0.477. The van der Waals surface area contributed by atoms with E-state index in [0.717, 1.165) is 37.7 Å². The van der Waals surface area contributed by atoms with Gasteiger partial charge in [0.25, 0.3) is 0 Å². The minimum atomic E-state index is -1.81. The predicted octanol–water partition coefficient (Wildman–Crippen LogP) is -2.95. The molecule has 9 atom stereocenters. The number of aryl methyl sites for hydroxylation is 1. The number of carbonyl (C=O) groups is 2. The number of hydrogen-bond donors (Lipinski definition) is 3. The number of hydrogen-bond acceptors (Lipinski definition) is 8. The summed E-state index contributed by atoms with van der Waals surface area (Å²) < 4.78 is 10.9. The quantitative estimate of drug-likeness (QED) is 0.401. The van der Waals surface area contributed by atoms with Crippen molar-refractivity contribution in [2.45, 2.75) is 82.1 Å². The Balaban J connectivity index is 0.00000259. The first-order chi connectivity index (χ1) is 15.2. The summed E-state index contributed by atoms with van der Waals surface area (Å²) in [7, 11) is 0. The molecule has 0 bridgehead atoms. The normalized spacial score (nSPS) is 41.9. The first-order valence-corrected chi connectivity index (χ1v) is 11.4. The van der Waals surface area contributed by atoms with Crippen LogP contribution in [-0.4, -0.2) is 57.8 Å². The zero-order chi connectivity index (χ0) is 22.8. The van der Waals surface area contributed by atoms with E-state index in [9.17, 15) is 30.0 Å². The van der Waals surface area contributed by atoms with Crippen molar-refractivity contribution in [3.05, 3.63) is 29.3 Å². The van der Waals surface area contributed by atoms with Gasteiger partial charge in [-0.05, 0) is 73.1 Å². The van der Waals surface area contributed by atoms with Crippen molar-refractivity contribution >= 4 is 11.8 Å². The molecule has 2 saturated carbocycles. The third-order valence-corrected chi connectivity index (χ3v) is 8.46. The van der Waals surface area contributed by atoms with Crippen molar-refractivity contribution in [1.82, 2.24) is 0 Å². The predicted molar refractivity (Wildman–Crippen MR) is 108 cm³/mol. The van der Waals surface area contributed by atoms with Crippen LogP contribution < -0.4 is 39.4 Å². The summed E-state index contributed by atoms with van der Waals surface area (Å²) >= 11 is 0. The van der Waals surface area contributed by atoms with Crippen molar-refractivity contribution in [3.63, 3.8) is 0 Å². The van der Waals surface area contributed by atoms with Crippen molar-refractivity contribution in [3.8, 4) is 5.75 Å². The van der Waals surface area contributed by atoms with Gasteiger partial charge in [0, 0.05) is 11.8 Å². The minimum absolute atomic E-state index is 0. The largest absolute Gasteiger partial charge is 1.00 e. The molecule has 8 nitrogen and oxygen atoms in total. The first-order valence-electron chi connectivity index (χ1n) is 11.4. The van der Waals surface area contributed by atoms with Crippen LogP contribution in [0.15, 0.2) is 18.2 Å². The van der Waals surface area contributed by atoms with Gasteiger partial charge in [-0.25, -0.2) is 0 Å². The molecular weight excluding hydrogens is 439 g/mol. The van der Waals surface area contributed by atoms with E-state index >= 15 is 0 Å². The van der Waals surface area contributed by atoms with Gasteiger partial charge >= 0.3 is 29.6 Å². The maximum Gasteiger partial charge on any atom is 1.00 e. The topological polar surface area (TPSA) is 136 Å². The fourth-order valence-electron chi connectivity index (χ4n) is 6.68. The first kappa shape index (κ1) is 25.1. The Morgan fingerprint density at radius 1 is 1.12 bits per heavy atom. The van der Waals surface area contributed by atoms with Crippen LogP contribution in [0.3, 0.4) is 0 Å². The number of carbonyl (C=O) groups excluding carboxylic acids is 2. The Morgan fingerprint density at radius 3 is 2.61 bits per heavy atom. The zero-order valence-corrected chi connectivity index (χ0v) is 21.0. The van der Waals surface area contributed by atoms with E-state index < -0.39 is 36.7 Å². The molecule has 1 aromatic rings. The molecule has 174 valence electrons. The van der Waals surface area contributed by atoms with Crippen LogP contribution in [0.1, 0.15) is 56.1 Å². The fraction of sp³-hybridized carbons (Fsp3) is 0.667. The molecule has 4 aliphatic rings. The summed E-state index contributed by atoms with van der Waals surface area (Å²) in [6.07, 6.45) is -2.97. The summed E-state index contributed by atoms with van der Waals surface area (Å²) in [5.41, 5.74) is 2.24. The second-order valence-corrected chi connectivity index (χ2v) is 10.0. The smallest absolute Gasteiger partial charge is 0.547 e. The second-order valence-electron chi connectivity index (χ2n) is 10.0. The summed E-state index contributed by atoms with van der Waals surface area (Å²) in [5, 5.41) is 41.2. The zero-order valence-electron chi connectivity index (χ0n) is 19.0. The standard InChI is InChI=1S/C24H30O8.Na/c1-24-9-8-14-13-5-3-12(10-11(13)2-4-15(14)16(24)6-7-17(24)25)31-23-20(28)18(26)19(27)21(32-23)22(29)30;/h3,5,10,14-16,18-21,23,26-28H,2,4,6-9H2,1H3,(H,29,30);/q;+1/p-1/t14-,15-,16+,18?,19+,20?,21+,23-,24+;/m1./s1. The molecule has 1 aromatic carbocycles. The molecule has 0 aromatic heterocycles. The van der Waals surface area contributed by atoms with Crippen LogP contribution in [-0.2, 0) is 20.7 Å². The SMILES string of the molecule is C[C@]12CC[C@@H]3c4ccc(O[C@@H]5O[C@H](C(=O)[O-])[C@@H](O)C(O)C5O)cc4CC[C@H]3[C@@H]1CCC2=O.[Na+]. The number of carboxylic acids is 1. The van der Waals surface area contributed by atoms with Crippen molar-refractivity contribution in [1.29, 1.82) is 0 Å². The van der Waals surface area contributed by atoms with Crippen molar-refractivity contribution in [2.24, 2.45) is 17.3 Å². The van der Waals surface area contributed by atoms with Crippen LogP contribution in [0, 0.1) is 17.3 Å². The number of fused-ring (bicyclic) bond motifs is 5. The molecular formula is C24H29NaO8. The Hall–Kier alpha value is -1.000. The molecule has 0 radical (unpaired) electrons. The molecule has 3 N–H and O–H groups in total. The number of carboxylic acid groups (broad SMARTS) is 1. The molecule has 1 aliphatic heterocycles. The molecule has 0 spiro atoms. The Morgan fingerprint density at radius 2 is 1.88 bits per heavy atom. The molecule has 3 aliphatic carbocycles. The van der Waals surface area contributed by atoms with E-state index in [1.807, 2.05) is 12.1 Å². The van der Waals surface area contributed by atoms with Gasteiger partial charge in [0.05, 0.1) is 5.97 Å². The monoisotopic (exact) mass is 468 g/mol. The minimum Gasteiger partial charge on any atom is -0.547 e. The number of Topliss-reactive ketones (excluding diaryl/α,β-unsaturated/α-hetero) is 1. The van der Waals surface area contributed by atoms with Gasteiger partial charge in [0.1, 0.15) is 35.9 Å². The van der Waals surface area contributed by atoms with Gasteiger partial charge in [0.2, 0.25) is 6.29 Å². The Bertz CT molecular complexity index is 937. The summed E-state index contributed by atoms with van der Waals surface area (Å²) in [4.78, 5) is 23.7. The van der Waals surface area contributed by atoms with E-state index in [-0.39, 0.29) is 35.0 Å². The third kappa shape index (κ3) is 4.07. The number of benzene rings is 1. The molecule has 2 unspecified atom stereocenters. The van der Waals surface area contributed by atoms with E-state index in [4.69, 9.17) is 9.47 Å². The molecule has 3 fully saturated rings. The average Bonchev–Trinajstić information content (AvgIpc) is 3.08.